The minimum Gasteiger partial charge on any atom is -0.412 e. The van der Waals surface area contributed by atoms with E-state index < -0.39 is 0 Å². The lowest BCUT2D eigenvalue weighted by Gasteiger charge is -1.93. The number of hydrogen-bond acceptors (Lipinski definition) is 2. The summed E-state index contributed by atoms with van der Waals surface area (Å²) >= 11 is 0. The van der Waals surface area contributed by atoms with Crippen LogP contribution in [0.5, 0.6) is 0 Å². The first-order valence-corrected chi connectivity index (χ1v) is 3.61. The maximum atomic E-state index is 10.9. The molecule has 0 aromatic rings. The first-order chi connectivity index (χ1) is 4.84. The molecule has 1 aliphatic heterocycles. The second kappa shape index (κ2) is 3.34. The fourth-order valence-corrected chi connectivity index (χ4v) is 0.972. The Morgan fingerprint density at radius 2 is 2.60 bits per heavy atom. The summed E-state index contributed by atoms with van der Waals surface area (Å²) in [6, 6.07) is 0. The highest BCUT2D eigenvalue weighted by Crippen LogP contribution is 1.98. The van der Waals surface area contributed by atoms with Gasteiger partial charge in [-0.1, -0.05) is 0 Å². The van der Waals surface area contributed by atoms with Gasteiger partial charge in [0.05, 0.1) is 6.61 Å². The molecule has 1 heterocycles. The summed E-state index contributed by atoms with van der Waals surface area (Å²) < 4.78 is 6.41. The average molecular weight is 142 g/mol. The van der Waals surface area contributed by atoms with Gasteiger partial charge >= 0.3 is 6.09 Å². The van der Waals surface area contributed by atoms with Gasteiger partial charge in [-0.25, -0.2) is 0 Å². The van der Waals surface area contributed by atoms with Gasteiger partial charge in [0.15, 0.2) is 12.8 Å². The third kappa shape index (κ3) is 1.56. The molecule has 3 heteroatoms. The lowest BCUT2D eigenvalue weighted by Crippen LogP contribution is -2.19. The summed E-state index contributed by atoms with van der Waals surface area (Å²) in [5, 5.41) is 0. The van der Waals surface area contributed by atoms with Gasteiger partial charge in [-0.3, -0.25) is 0 Å². The van der Waals surface area contributed by atoms with Crippen molar-refractivity contribution in [2.75, 3.05) is 13.2 Å². The lowest BCUT2D eigenvalue weighted by atomic mass is 10.4. The molecule has 1 rings (SSSR count). The van der Waals surface area contributed by atoms with Gasteiger partial charge in [-0.05, 0) is 6.92 Å². The first-order valence-electron chi connectivity index (χ1n) is 3.61. The largest absolute Gasteiger partial charge is 0.596 e. The number of carbonyl (C=O) groups excluding carboxylic acids is 1. The van der Waals surface area contributed by atoms with Crippen LogP contribution in [0.1, 0.15) is 19.8 Å². The van der Waals surface area contributed by atoms with Crippen LogP contribution in [0.3, 0.4) is 0 Å². The maximum absolute atomic E-state index is 10.9. The van der Waals surface area contributed by atoms with Crippen molar-refractivity contribution >= 4 is 12.3 Å². The maximum Gasteiger partial charge on any atom is 0.596 e. The Hall–Kier alpha value is -0.860. The fraction of sp³-hybridized carbons (Fsp3) is 0.714. The van der Waals surface area contributed by atoms with Crippen molar-refractivity contribution in [1.82, 2.24) is 0 Å². The zero-order valence-electron chi connectivity index (χ0n) is 6.17. The zero-order chi connectivity index (χ0) is 7.40. The molecule has 0 spiro atoms. The Bertz CT molecular complexity index is 163. The second-order valence-electron chi connectivity index (χ2n) is 2.22. The summed E-state index contributed by atoms with van der Waals surface area (Å²) in [6.45, 7) is 3.09. The van der Waals surface area contributed by atoms with Crippen LogP contribution in [-0.2, 0) is 4.74 Å². The van der Waals surface area contributed by atoms with Crippen LogP contribution in [0.25, 0.3) is 0 Å². The minimum atomic E-state index is -0.208. The van der Waals surface area contributed by atoms with E-state index >= 15 is 0 Å². The summed E-state index contributed by atoms with van der Waals surface area (Å²) in [6.07, 6.45) is 3.75. The molecule has 0 atom stereocenters. The molecule has 0 N–H and O–H groups in total. The number of carbonyl (C=O) groups is 1. The van der Waals surface area contributed by atoms with E-state index in [-0.39, 0.29) is 6.09 Å². The molecule has 0 aromatic carbocycles. The molecule has 0 bridgehead atoms. The SMILES string of the molecule is CCOC(=O)[N+]1=CCCC1. The van der Waals surface area contributed by atoms with Crippen molar-refractivity contribution in [2.45, 2.75) is 19.8 Å². The topological polar surface area (TPSA) is 29.3 Å². The highest BCUT2D eigenvalue weighted by molar-refractivity contribution is 5.66. The van der Waals surface area contributed by atoms with Crippen LogP contribution >= 0.6 is 0 Å². The highest BCUT2D eigenvalue weighted by Gasteiger charge is 2.21. The van der Waals surface area contributed by atoms with Crippen LogP contribution < -0.4 is 0 Å². The van der Waals surface area contributed by atoms with Crippen LogP contribution in [0.15, 0.2) is 0 Å². The number of amides is 1. The molecule has 56 valence electrons. The van der Waals surface area contributed by atoms with Crippen LogP contribution in [0.4, 0.5) is 4.79 Å². The molecular weight excluding hydrogens is 130 g/mol. The second-order valence-corrected chi connectivity index (χ2v) is 2.22. The molecule has 0 saturated heterocycles. The van der Waals surface area contributed by atoms with E-state index in [1.54, 1.807) is 4.58 Å². The van der Waals surface area contributed by atoms with E-state index in [0.717, 1.165) is 19.4 Å². The van der Waals surface area contributed by atoms with Gasteiger partial charge in [0.25, 0.3) is 0 Å². The Morgan fingerprint density at radius 1 is 1.80 bits per heavy atom. The van der Waals surface area contributed by atoms with Crippen molar-refractivity contribution in [3.05, 3.63) is 0 Å². The standard InChI is InChI=1S/C7H12NO2/c1-2-10-7(9)8-5-3-4-6-8/h5H,2-4,6H2,1H3/q+1. The van der Waals surface area contributed by atoms with Crippen molar-refractivity contribution < 1.29 is 14.1 Å². The molecule has 0 radical (unpaired) electrons. The molecule has 1 amide bonds. The van der Waals surface area contributed by atoms with E-state index in [0.29, 0.717) is 6.61 Å². The first kappa shape index (κ1) is 7.25. The predicted octanol–water partition coefficient (Wildman–Crippen LogP) is 1.02. The van der Waals surface area contributed by atoms with Crippen molar-refractivity contribution in [3.63, 3.8) is 0 Å². The predicted molar refractivity (Wildman–Crippen MR) is 37.4 cm³/mol. The van der Waals surface area contributed by atoms with Crippen molar-refractivity contribution in [1.29, 1.82) is 0 Å². The molecule has 1 aliphatic rings. The van der Waals surface area contributed by atoms with Gasteiger partial charge in [-0.15, -0.1) is 4.58 Å². The Kier molecular flexibility index (Phi) is 2.42. The van der Waals surface area contributed by atoms with Crippen LogP contribution in [0.2, 0.25) is 0 Å². The smallest absolute Gasteiger partial charge is 0.412 e. The molecule has 0 aromatic heterocycles. The third-order valence-electron chi connectivity index (χ3n) is 1.45. The number of ether oxygens (including phenoxy) is 1. The number of rotatable bonds is 1. The Balaban J connectivity index is 2.40. The van der Waals surface area contributed by atoms with Gasteiger partial charge in [0.2, 0.25) is 0 Å². The van der Waals surface area contributed by atoms with Crippen LogP contribution in [0, 0.1) is 0 Å². The average Bonchev–Trinajstić information content (AvgIpc) is 2.38. The summed E-state index contributed by atoms with van der Waals surface area (Å²) in [4.78, 5) is 10.9. The van der Waals surface area contributed by atoms with E-state index in [2.05, 4.69) is 0 Å². The molecule has 0 saturated carbocycles. The van der Waals surface area contributed by atoms with E-state index in [1.165, 1.54) is 0 Å². The van der Waals surface area contributed by atoms with Gasteiger partial charge < -0.3 is 4.74 Å². The highest BCUT2D eigenvalue weighted by atomic mass is 16.5. The zero-order valence-corrected chi connectivity index (χ0v) is 6.17. The molecule has 0 aliphatic carbocycles. The Labute approximate surface area is 60.3 Å². The Morgan fingerprint density at radius 3 is 3.10 bits per heavy atom. The third-order valence-corrected chi connectivity index (χ3v) is 1.45. The van der Waals surface area contributed by atoms with E-state index in [1.807, 2.05) is 13.1 Å². The number of nitrogens with zero attached hydrogens (tertiary/aromatic N) is 1. The minimum absolute atomic E-state index is 0.208. The van der Waals surface area contributed by atoms with Gasteiger partial charge in [0.1, 0.15) is 0 Å². The number of hydrogen-bond donors (Lipinski definition) is 0. The normalized spacial score (nSPS) is 16.7. The molecule has 0 fully saturated rings. The summed E-state index contributed by atoms with van der Waals surface area (Å²) in [7, 11) is 0. The van der Waals surface area contributed by atoms with E-state index in [4.69, 9.17) is 4.74 Å². The molecule has 3 nitrogen and oxygen atoms in total. The lowest BCUT2D eigenvalue weighted by molar-refractivity contribution is -0.433. The summed E-state index contributed by atoms with van der Waals surface area (Å²) in [5.41, 5.74) is 0. The monoisotopic (exact) mass is 142 g/mol. The molecule has 0 unspecified atom stereocenters. The molecular formula is C7H12NO2+. The van der Waals surface area contributed by atoms with Gasteiger partial charge in [-0.2, -0.15) is 4.79 Å². The van der Waals surface area contributed by atoms with Gasteiger partial charge in [0, 0.05) is 12.8 Å². The quantitative estimate of drug-likeness (QED) is 0.511. The van der Waals surface area contributed by atoms with Crippen molar-refractivity contribution in [2.24, 2.45) is 0 Å². The summed E-state index contributed by atoms with van der Waals surface area (Å²) in [5.74, 6) is 0. The fourth-order valence-electron chi connectivity index (χ4n) is 0.972. The van der Waals surface area contributed by atoms with Crippen LogP contribution in [-0.4, -0.2) is 30.0 Å². The van der Waals surface area contributed by atoms with Crippen molar-refractivity contribution in [3.8, 4) is 0 Å². The molecule has 10 heavy (non-hydrogen) atoms. The van der Waals surface area contributed by atoms with E-state index in [9.17, 15) is 4.79 Å².